The van der Waals surface area contributed by atoms with Gasteiger partial charge in [0.2, 0.25) is 0 Å². The Morgan fingerprint density at radius 1 is 1.33 bits per heavy atom. The molecule has 2 aliphatic rings. The molecule has 0 radical (unpaired) electrons. The molecule has 8 heteroatoms. The van der Waals surface area contributed by atoms with Crippen LogP contribution >= 0.6 is 0 Å². The maximum Gasteiger partial charge on any atom is 0.156 e. The summed E-state index contributed by atoms with van der Waals surface area (Å²) in [7, 11) is 5.84. The molecular weight excluding hydrogens is 486 g/mol. The predicted octanol–water partition coefficient (Wildman–Crippen LogP) is 4.15. The van der Waals surface area contributed by atoms with Crippen molar-refractivity contribution in [2.24, 2.45) is 18.4 Å². The largest absolute Gasteiger partial charge is 0.375 e. The number of nitrogens with zero attached hydrogens (tertiary/aromatic N) is 3. The van der Waals surface area contributed by atoms with Gasteiger partial charge >= 0.3 is 0 Å². The molecule has 0 saturated heterocycles. The van der Waals surface area contributed by atoms with Crippen molar-refractivity contribution in [2.75, 3.05) is 33.9 Å². The number of aromatic nitrogens is 2. The fourth-order valence-electron chi connectivity index (χ4n) is 5.86. The summed E-state index contributed by atoms with van der Waals surface area (Å²) in [5, 5.41) is 16.6. The Labute approximate surface area is 236 Å². The summed E-state index contributed by atoms with van der Waals surface area (Å²) in [4.78, 5) is 13.4. The van der Waals surface area contributed by atoms with E-state index in [1.165, 1.54) is 37.7 Å². The van der Waals surface area contributed by atoms with Gasteiger partial charge in [-0.15, -0.1) is 0 Å². The van der Waals surface area contributed by atoms with Crippen molar-refractivity contribution in [2.45, 2.75) is 84.7 Å². The molecule has 3 atom stereocenters. The lowest BCUT2D eigenvalue weighted by Crippen LogP contribution is -2.46. The third-order valence-corrected chi connectivity index (χ3v) is 8.17. The number of ketones is 1. The van der Waals surface area contributed by atoms with E-state index in [4.69, 9.17) is 0 Å². The zero-order valence-electron chi connectivity index (χ0n) is 25.4. The monoisotopic (exact) mass is 539 g/mol. The highest BCUT2D eigenvalue weighted by Gasteiger charge is 2.46. The summed E-state index contributed by atoms with van der Waals surface area (Å²) in [5.41, 5.74) is 8.23. The molecule has 3 rings (SSSR count). The van der Waals surface area contributed by atoms with E-state index in [0.717, 1.165) is 36.3 Å². The molecule has 1 aliphatic carbocycles. The number of hydrogen-bond donors (Lipinski definition) is 4. The van der Waals surface area contributed by atoms with Crippen LogP contribution in [0.4, 0.5) is 0 Å². The zero-order valence-corrected chi connectivity index (χ0v) is 25.4. The molecule has 218 valence electrons. The lowest BCUT2D eigenvalue weighted by molar-refractivity contribution is -0.121. The molecule has 0 bridgehead atoms. The van der Waals surface area contributed by atoms with Gasteiger partial charge in [-0.25, -0.2) is 5.01 Å². The molecule has 3 unspecified atom stereocenters. The average molecular weight is 540 g/mol. The smallest absolute Gasteiger partial charge is 0.156 e. The molecule has 4 N–H and O–H groups in total. The Balaban J connectivity index is 1.78. The second-order valence-electron chi connectivity index (χ2n) is 11.7. The second-order valence-corrected chi connectivity index (χ2v) is 11.7. The predicted molar refractivity (Wildman–Crippen MR) is 162 cm³/mol. The molecular formula is C31H53N7O. The first-order valence-corrected chi connectivity index (χ1v) is 14.9. The van der Waals surface area contributed by atoms with Crippen LogP contribution in [0.3, 0.4) is 0 Å². The normalized spacial score (nSPS) is 20.6. The highest BCUT2D eigenvalue weighted by atomic mass is 16.1. The van der Waals surface area contributed by atoms with Gasteiger partial charge in [0.25, 0.3) is 0 Å². The van der Waals surface area contributed by atoms with E-state index in [9.17, 15) is 4.79 Å². The molecule has 1 aliphatic heterocycles. The average Bonchev–Trinajstić information content (AvgIpc) is 3.37. The van der Waals surface area contributed by atoms with Crippen molar-refractivity contribution in [3.05, 3.63) is 47.5 Å². The van der Waals surface area contributed by atoms with Gasteiger partial charge in [0.15, 0.2) is 5.78 Å². The second kappa shape index (κ2) is 14.9. The minimum Gasteiger partial charge on any atom is -0.375 e. The lowest BCUT2D eigenvalue weighted by atomic mass is 9.82. The van der Waals surface area contributed by atoms with Crippen LogP contribution in [-0.2, 0) is 11.8 Å². The van der Waals surface area contributed by atoms with Crippen LogP contribution < -0.4 is 21.4 Å². The van der Waals surface area contributed by atoms with Crippen molar-refractivity contribution in [1.29, 1.82) is 0 Å². The van der Waals surface area contributed by atoms with E-state index in [-0.39, 0.29) is 17.9 Å². The van der Waals surface area contributed by atoms with Gasteiger partial charge in [-0.3, -0.25) is 14.9 Å². The maximum absolute atomic E-state index is 13.4. The van der Waals surface area contributed by atoms with E-state index >= 15 is 0 Å². The van der Waals surface area contributed by atoms with Gasteiger partial charge in [-0.2, -0.15) is 5.10 Å². The van der Waals surface area contributed by atoms with E-state index in [2.05, 4.69) is 72.4 Å². The standard InChI is InChI=1S/C31H53N7O/c1-8-10-27(12-16-33-9-2)31(14-15-31)13-11-25-19-29(30(39)18-24(4)36-38(7)22-32-5)35-28(25)17-23(3)26-20-34-37(6)21-26/h11,13,17,20-21,24,27,29,32-33,35-36H,8-10,12,14-16,18-19,22H2,1-7H3/b13-11+,23-17+. The number of nitrogens with one attached hydrogen (secondary N) is 4. The van der Waals surface area contributed by atoms with Crippen molar-refractivity contribution in [3.63, 3.8) is 0 Å². The molecule has 0 amide bonds. The molecule has 1 fully saturated rings. The van der Waals surface area contributed by atoms with Crippen molar-refractivity contribution >= 4 is 11.4 Å². The maximum atomic E-state index is 13.4. The number of aryl methyl sites for hydroxylation is 1. The molecule has 1 aromatic rings. The van der Waals surface area contributed by atoms with Crippen LogP contribution in [0.1, 0.15) is 78.2 Å². The highest BCUT2D eigenvalue weighted by Crippen LogP contribution is 2.56. The third kappa shape index (κ3) is 9.13. The number of Topliss-reactive ketones (excluding diaryl/α,β-unsaturated/α-hetero) is 1. The van der Waals surface area contributed by atoms with Crippen molar-refractivity contribution in [3.8, 4) is 0 Å². The Morgan fingerprint density at radius 2 is 2.10 bits per heavy atom. The SMILES string of the molecule is CCCC(CCNCC)C1(/C=C/C2=C(/C=C(\C)c3cnn(C)c3)NC(C(=O)CC(C)NN(C)CNC)C2)CC1. The first-order valence-electron chi connectivity index (χ1n) is 14.9. The van der Waals surface area contributed by atoms with Gasteiger partial charge < -0.3 is 16.0 Å². The molecule has 8 nitrogen and oxygen atoms in total. The fourth-order valence-corrected chi connectivity index (χ4v) is 5.86. The number of hydrogen-bond acceptors (Lipinski definition) is 7. The number of rotatable bonds is 18. The van der Waals surface area contributed by atoms with Crippen molar-refractivity contribution in [1.82, 2.24) is 36.2 Å². The number of carbonyl (C=O) groups is 1. The molecule has 0 spiro atoms. The summed E-state index contributed by atoms with van der Waals surface area (Å²) in [6.07, 6.45) is 18.4. The number of allylic oxidation sites excluding steroid dienone is 4. The van der Waals surface area contributed by atoms with Crippen molar-refractivity contribution < 1.29 is 4.79 Å². The summed E-state index contributed by atoms with van der Waals surface area (Å²) in [6, 6.07) is -0.138. The third-order valence-electron chi connectivity index (χ3n) is 8.17. The quantitative estimate of drug-likeness (QED) is 0.127. The molecule has 1 aromatic heterocycles. The van der Waals surface area contributed by atoms with Gasteiger partial charge in [-0.1, -0.05) is 32.4 Å². The van der Waals surface area contributed by atoms with Gasteiger partial charge in [0.05, 0.1) is 18.9 Å². The van der Waals surface area contributed by atoms with Crippen LogP contribution in [0, 0.1) is 11.3 Å². The Bertz CT molecular complexity index is 1020. The van der Waals surface area contributed by atoms with E-state index in [1.807, 2.05) is 43.2 Å². The Morgan fingerprint density at radius 3 is 2.72 bits per heavy atom. The summed E-state index contributed by atoms with van der Waals surface area (Å²) in [5.74, 6) is 0.958. The summed E-state index contributed by atoms with van der Waals surface area (Å²) >= 11 is 0. The zero-order chi connectivity index (χ0) is 28.4. The topological polar surface area (TPSA) is 86.2 Å². The van der Waals surface area contributed by atoms with Crippen LogP contribution in [0.15, 0.2) is 41.9 Å². The summed E-state index contributed by atoms with van der Waals surface area (Å²) in [6.45, 7) is 11.5. The van der Waals surface area contributed by atoms with E-state index in [1.54, 1.807) is 0 Å². The van der Waals surface area contributed by atoms with Crippen LogP contribution in [0.2, 0.25) is 0 Å². The molecule has 0 aromatic carbocycles. The summed E-state index contributed by atoms with van der Waals surface area (Å²) < 4.78 is 1.83. The van der Waals surface area contributed by atoms with Gasteiger partial charge in [-0.05, 0) is 88.2 Å². The minimum atomic E-state index is -0.202. The van der Waals surface area contributed by atoms with Crippen LogP contribution in [0.25, 0.3) is 5.57 Å². The van der Waals surface area contributed by atoms with Gasteiger partial charge in [0, 0.05) is 50.4 Å². The van der Waals surface area contributed by atoms with Gasteiger partial charge in [0.1, 0.15) is 0 Å². The van der Waals surface area contributed by atoms with E-state index < -0.39 is 0 Å². The number of hydrazine groups is 1. The molecule has 2 heterocycles. The van der Waals surface area contributed by atoms with Crippen LogP contribution in [-0.4, -0.2) is 66.5 Å². The minimum absolute atomic E-state index is 0.0645. The number of carbonyl (C=O) groups excluding carboxylic acids is 1. The highest BCUT2D eigenvalue weighted by molar-refractivity contribution is 5.86. The first kappa shape index (κ1) is 31.3. The molecule has 1 saturated carbocycles. The Kier molecular flexibility index (Phi) is 12.0. The molecule has 39 heavy (non-hydrogen) atoms. The fraction of sp³-hybridized carbons (Fsp3) is 0.677. The lowest BCUT2D eigenvalue weighted by Gasteiger charge is -2.24. The van der Waals surface area contributed by atoms with E-state index in [0.29, 0.717) is 24.4 Å². The Hall–Kier alpha value is -2.26. The first-order chi connectivity index (χ1) is 18.7. The van der Waals surface area contributed by atoms with Crippen LogP contribution in [0.5, 0.6) is 0 Å².